The first kappa shape index (κ1) is 32.6. The molecule has 0 saturated heterocycles. The molecule has 0 amide bonds. The molecule has 22 heavy (non-hydrogen) atoms. The van der Waals surface area contributed by atoms with Crippen LogP contribution in [-0.4, -0.2) is 13.1 Å². The largest absolute Gasteiger partial charge is 0.328 e. The van der Waals surface area contributed by atoms with Gasteiger partial charge < -0.3 is 11.5 Å². The molecule has 4 heteroatoms. The van der Waals surface area contributed by atoms with Crippen molar-refractivity contribution in [3.05, 3.63) is 40.8 Å². The Labute approximate surface area is 141 Å². The highest BCUT2D eigenvalue weighted by Crippen LogP contribution is 2.14. The van der Waals surface area contributed by atoms with Crippen molar-refractivity contribution < 1.29 is 1.43 Å². The molecule has 0 atom stereocenters. The van der Waals surface area contributed by atoms with E-state index < -0.39 is 0 Å². The van der Waals surface area contributed by atoms with E-state index in [4.69, 9.17) is 16.4 Å². The van der Waals surface area contributed by atoms with Crippen molar-refractivity contribution in [1.29, 1.82) is 0 Å². The Balaban J connectivity index is -0.0000000455. The summed E-state index contributed by atoms with van der Waals surface area (Å²) in [5.74, 6) is 0. The number of hydrogen-bond acceptors (Lipinski definition) is 4. The van der Waals surface area contributed by atoms with Crippen molar-refractivity contribution in [2.24, 2.45) is 16.6 Å². The van der Waals surface area contributed by atoms with E-state index in [9.17, 15) is 0 Å². The summed E-state index contributed by atoms with van der Waals surface area (Å²) in [5.41, 5.74) is 12.2. The highest BCUT2D eigenvalue weighted by atomic mass is 16.2. The van der Waals surface area contributed by atoms with E-state index in [0.29, 0.717) is 12.6 Å². The van der Waals surface area contributed by atoms with Gasteiger partial charge in [-0.05, 0) is 18.4 Å². The number of nitrogens with zero attached hydrogens (tertiary/aromatic N) is 1. The van der Waals surface area contributed by atoms with Gasteiger partial charge in [0.2, 0.25) is 0 Å². The highest BCUT2D eigenvalue weighted by Gasteiger charge is 2.06. The van der Waals surface area contributed by atoms with Gasteiger partial charge in [0, 0.05) is 14.0 Å². The summed E-state index contributed by atoms with van der Waals surface area (Å²) in [6.45, 7) is 0.640. The maximum atomic E-state index is 8.56. The molecule has 0 aromatic heterocycles. The SMILES string of the molecule is C.C.C.C.CN=O.NC1CCCCC1.NCc1ccccc1.[HH]. The Morgan fingerprint density at radius 2 is 1.45 bits per heavy atom. The standard InChI is InChI=1S/C7H9N.C6H13N.CH3NO.4CH4.H2/c8-6-7-4-2-1-3-5-7;7-6-4-2-1-3-5-6;1-2-3;;;;;/h1-5H,6,8H2;6H,1-5,7H2;1H3;4*1H4;1H. The van der Waals surface area contributed by atoms with E-state index in [2.05, 4.69) is 5.18 Å². The lowest BCUT2D eigenvalue weighted by molar-refractivity contribution is 0.441. The molecular weight excluding hydrogens is 274 g/mol. The third kappa shape index (κ3) is 21.0. The Morgan fingerprint density at radius 1 is 1.05 bits per heavy atom. The lowest BCUT2D eigenvalue weighted by Gasteiger charge is -2.15. The van der Waals surface area contributed by atoms with Crippen molar-refractivity contribution >= 4 is 0 Å². The molecule has 0 spiro atoms. The Morgan fingerprint density at radius 3 is 1.68 bits per heavy atom. The molecule has 1 saturated carbocycles. The van der Waals surface area contributed by atoms with E-state index in [1.807, 2.05) is 30.3 Å². The van der Waals surface area contributed by atoms with Crippen molar-refractivity contribution in [2.45, 2.75) is 74.4 Å². The third-order valence-corrected chi connectivity index (χ3v) is 2.73. The summed E-state index contributed by atoms with van der Waals surface area (Å²) >= 11 is 0. The van der Waals surface area contributed by atoms with Gasteiger partial charge in [-0.2, -0.15) is 4.91 Å². The van der Waals surface area contributed by atoms with Crippen LogP contribution in [0, 0.1) is 4.91 Å². The molecular formula is C18H43N3O. The summed E-state index contributed by atoms with van der Waals surface area (Å²) in [4.78, 5) is 8.56. The van der Waals surface area contributed by atoms with Crippen molar-refractivity contribution in [3.8, 4) is 0 Å². The maximum absolute atomic E-state index is 8.56. The predicted octanol–water partition coefficient (Wildman–Crippen LogP) is 5.60. The van der Waals surface area contributed by atoms with Crippen molar-refractivity contribution in [1.82, 2.24) is 0 Å². The topological polar surface area (TPSA) is 81.5 Å². The normalized spacial score (nSPS) is 12.0. The quantitative estimate of drug-likeness (QED) is 0.662. The van der Waals surface area contributed by atoms with Crippen LogP contribution < -0.4 is 11.5 Å². The first-order valence-electron chi connectivity index (χ1n) is 6.45. The van der Waals surface area contributed by atoms with Crippen LogP contribution in [0.2, 0.25) is 0 Å². The molecule has 1 aliphatic carbocycles. The molecule has 0 bridgehead atoms. The lowest BCUT2D eigenvalue weighted by atomic mass is 9.97. The minimum absolute atomic E-state index is 0. The smallest absolute Gasteiger partial charge is 0.0700 e. The minimum atomic E-state index is 0. The second-order valence-electron chi connectivity index (χ2n) is 4.27. The van der Waals surface area contributed by atoms with Crippen LogP contribution in [0.5, 0.6) is 0 Å². The average molecular weight is 318 g/mol. The van der Waals surface area contributed by atoms with Crippen LogP contribution in [0.1, 0.15) is 68.8 Å². The maximum Gasteiger partial charge on any atom is 0.0700 e. The Kier molecular flexibility index (Phi) is 36.7. The summed E-state index contributed by atoms with van der Waals surface area (Å²) in [5, 5.41) is 2.25. The highest BCUT2D eigenvalue weighted by molar-refractivity contribution is 5.13. The van der Waals surface area contributed by atoms with Crippen molar-refractivity contribution in [2.75, 3.05) is 7.05 Å². The van der Waals surface area contributed by atoms with Gasteiger partial charge in [0.05, 0.1) is 7.05 Å². The van der Waals surface area contributed by atoms with Gasteiger partial charge in [0.1, 0.15) is 0 Å². The molecule has 0 aliphatic heterocycles. The monoisotopic (exact) mass is 317 g/mol. The molecule has 0 radical (unpaired) electrons. The molecule has 0 unspecified atom stereocenters. The second kappa shape index (κ2) is 24.7. The van der Waals surface area contributed by atoms with Gasteiger partial charge >= 0.3 is 0 Å². The van der Waals surface area contributed by atoms with Gasteiger partial charge in [0.15, 0.2) is 0 Å². The Bertz CT molecular complexity index is 292. The van der Waals surface area contributed by atoms with Gasteiger partial charge in [-0.25, -0.2) is 0 Å². The molecule has 4 N–H and O–H groups in total. The van der Waals surface area contributed by atoms with Gasteiger partial charge in [-0.3, -0.25) is 0 Å². The van der Waals surface area contributed by atoms with Gasteiger partial charge in [-0.15, -0.1) is 0 Å². The van der Waals surface area contributed by atoms with Crippen LogP contribution in [-0.2, 0) is 6.54 Å². The van der Waals surface area contributed by atoms with Crippen molar-refractivity contribution in [3.63, 3.8) is 0 Å². The van der Waals surface area contributed by atoms with Gasteiger partial charge in [-0.1, -0.05) is 84.5 Å². The molecule has 1 aromatic rings. The zero-order valence-corrected chi connectivity index (χ0v) is 11.2. The van der Waals surface area contributed by atoms with Crippen LogP contribution in [0.15, 0.2) is 35.5 Å². The van der Waals surface area contributed by atoms with Gasteiger partial charge in [0.25, 0.3) is 0 Å². The van der Waals surface area contributed by atoms with Crippen LogP contribution in [0.25, 0.3) is 0 Å². The molecule has 1 aromatic carbocycles. The summed E-state index contributed by atoms with van der Waals surface area (Å²) < 4.78 is 0. The van der Waals surface area contributed by atoms with Crippen LogP contribution in [0.4, 0.5) is 0 Å². The predicted molar refractivity (Wildman–Crippen MR) is 106 cm³/mol. The molecule has 136 valence electrons. The number of benzene rings is 1. The van der Waals surface area contributed by atoms with Crippen LogP contribution >= 0.6 is 0 Å². The zero-order valence-electron chi connectivity index (χ0n) is 11.2. The molecule has 0 heterocycles. The fourth-order valence-electron chi connectivity index (χ4n) is 1.75. The van der Waals surface area contributed by atoms with Crippen LogP contribution in [0.3, 0.4) is 0 Å². The minimum Gasteiger partial charge on any atom is -0.328 e. The Hall–Kier alpha value is -1.26. The summed E-state index contributed by atoms with van der Waals surface area (Å²) in [7, 11) is 1.19. The van der Waals surface area contributed by atoms with E-state index in [-0.39, 0.29) is 31.1 Å². The average Bonchev–Trinajstić information content (AvgIpc) is 2.42. The first-order chi connectivity index (χ1) is 8.74. The zero-order chi connectivity index (χ0) is 13.6. The van der Waals surface area contributed by atoms with E-state index in [1.165, 1.54) is 44.7 Å². The number of nitroso groups, excluding NO2 is 1. The molecule has 2 rings (SSSR count). The first-order valence-corrected chi connectivity index (χ1v) is 6.45. The molecule has 1 aliphatic rings. The molecule has 4 nitrogen and oxygen atoms in total. The fraction of sp³-hybridized carbons (Fsp3) is 0.667. The number of hydrogen-bond donors (Lipinski definition) is 2. The van der Waals surface area contributed by atoms with E-state index >= 15 is 0 Å². The molecule has 1 fully saturated rings. The van der Waals surface area contributed by atoms with E-state index in [1.54, 1.807) is 0 Å². The number of nitrogens with two attached hydrogens (primary N) is 2. The summed E-state index contributed by atoms with van der Waals surface area (Å²) in [6, 6.07) is 10.5. The van der Waals surface area contributed by atoms with E-state index in [0.717, 1.165) is 0 Å². The lowest BCUT2D eigenvalue weighted by Crippen LogP contribution is -2.22. The fourth-order valence-corrected chi connectivity index (χ4v) is 1.75. The number of rotatable bonds is 1. The summed E-state index contributed by atoms with van der Waals surface area (Å²) in [6.07, 6.45) is 6.66. The third-order valence-electron chi connectivity index (χ3n) is 2.73. The second-order valence-corrected chi connectivity index (χ2v) is 4.27.